The molecule has 0 aromatic rings. The molecule has 0 saturated heterocycles. The minimum absolute atomic E-state index is 0.00512. The number of rotatable bonds is 3. The second kappa shape index (κ2) is 5.05. The summed E-state index contributed by atoms with van der Waals surface area (Å²) >= 11 is 0. The van der Waals surface area contributed by atoms with Crippen LogP contribution in [0, 0.1) is 16.7 Å². The van der Waals surface area contributed by atoms with E-state index in [-0.39, 0.29) is 11.5 Å². The van der Waals surface area contributed by atoms with Crippen LogP contribution in [0.4, 0.5) is 13.2 Å². The third-order valence-electron chi connectivity index (χ3n) is 3.29. The molecule has 1 saturated carbocycles. The number of nitrogens with one attached hydrogen (secondary N) is 1. The molecular formula is C11H17F3N2. The molecule has 16 heavy (non-hydrogen) atoms. The van der Waals surface area contributed by atoms with E-state index in [1.54, 1.807) is 0 Å². The third-order valence-corrected chi connectivity index (χ3v) is 3.29. The Kier molecular flexibility index (Phi) is 4.20. The molecule has 1 fully saturated rings. The van der Waals surface area contributed by atoms with E-state index in [4.69, 9.17) is 5.26 Å². The minimum atomic E-state index is -4.13. The highest BCUT2D eigenvalue weighted by atomic mass is 19.4. The Morgan fingerprint density at radius 2 is 1.94 bits per heavy atom. The van der Waals surface area contributed by atoms with E-state index in [0.717, 1.165) is 25.7 Å². The number of halogens is 3. The van der Waals surface area contributed by atoms with Gasteiger partial charge in [0.2, 0.25) is 0 Å². The van der Waals surface area contributed by atoms with Crippen LogP contribution >= 0.6 is 0 Å². The molecule has 1 aliphatic carbocycles. The average molecular weight is 234 g/mol. The molecular weight excluding hydrogens is 217 g/mol. The highest BCUT2D eigenvalue weighted by Gasteiger charge is 2.33. The van der Waals surface area contributed by atoms with Crippen molar-refractivity contribution in [3.63, 3.8) is 0 Å². The Morgan fingerprint density at radius 1 is 1.38 bits per heavy atom. The van der Waals surface area contributed by atoms with Crippen molar-refractivity contribution in [3.8, 4) is 6.07 Å². The summed E-state index contributed by atoms with van der Waals surface area (Å²) in [6, 6.07) is 2.10. The molecule has 0 spiro atoms. The Hall–Kier alpha value is -0.760. The van der Waals surface area contributed by atoms with Crippen molar-refractivity contribution in [2.45, 2.75) is 51.2 Å². The number of hydrogen-bond acceptors (Lipinski definition) is 2. The smallest absolute Gasteiger partial charge is 0.306 e. The lowest BCUT2D eigenvalue weighted by Gasteiger charge is -2.36. The molecule has 0 unspecified atom stereocenters. The molecule has 5 heteroatoms. The van der Waals surface area contributed by atoms with E-state index in [1.807, 2.05) is 6.92 Å². The van der Waals surface area contributed by atoms with E-state index in [9.17, 15) is 13.2 Å². The zero-order valence-electron chi connectivity index (χ0n) is 9.40. The highest BCUT2D eigenvalue weighted by Crippen LogP contribution is 2.38. The predicted octanol–water partition coefficient (Wildman–Crippen LogP) is 3.00. The van der Waals surface area contributed by atoms with Gasteiger partial charge in [-0.1, -0.05) is 6.92 Å². The van der Waals surface area contributed by atoms with E-state index in [0.29, 0.717) is 6.42 Å². The predicted molar refractivity (Wildman–Crippen MR) is 54.7 cm³/mol. The summed E-state index contributed by atoms with van der Waals surface area (Å²) in [6.07, 6.45) is -0.513. The fourth-order valence-corrected chi connectivity index (χ4v) is 2.15. The van der Waals surface area contributed by atoms with E-state index in [2.05, 4.69) is 11.4 Å². The van der Waals surface area contributed by atoms with Gasteiger partial charge in [-0.25, -0.2) is 0 Å². The maximum Gasteiger partial charge on any atom is 0.401 e. The van der Waals surface area contributed by atoms with Crippen LogP contribution in [-0.2, 0) is 0 Å². The molecule has 1 rings (SSSR count). The molecule has 0 atom stereocenters. The largest absolute Gasteiger partial charge is 0.401 e. The fraction of sp³-hybridized carbons (Fsp3) is 0.909. The van der Waals surface area contributed by atoms with Crippen molar-refractivity contribution in [1.82, 2.24) is 5.32 Å². The van der Waals surface area contributed by atoms with Crippen molar-refractivity contribution in [2.24, 2.45) is 5.41 Å². The van der Waals surface area contributed by atoms with Crippen LogP contribution in [0.2, 0.25) is 0 Å². The van der Waals surface area contributed by atoms with Gasteiger partial charge in [0.15, 0.2) is 0 Å². The lowest BCUT2D eigenvalue weighted by molar-refractivity contribution is -0.126. The molecule has 92 valence electrons. The Labute approximate surface area is 93.8 Å². The van der Waals surface area contributed by atoms with E-state index >= 15 is 0 Å². The van der Waals surface area contributed by atoms with Crippen LogP contribution in [0.25, 0.3) is 0 Å². The van der Waals surface area contributed by atoms with Crippen LogP contribution in [0.1, 0.15) is 39.0 Å². The molecule has 1 aliphatic rings. The molecule has 1 N–H and O–H groups in total. The summed E-state index contributed by atoms with van der Waals surface area (Å²) in [4.78, 5) is 0. The van der Waals surface area contributed by atoms with Crippen LogP contribution in [0.3, 0.4) is 0 Å². The topological polar surface area (TPSA) is 35.8 Å². The first kappa shape index (κ1) is 13.3. The summed E-state index contributed by atoms with van der Waals surface area (Å²) in [5.74, 6) is 0. The van der Waals surface area contributed by atoms with Gasteiger partial charge in [0.1, 0.15) is 0 Å². The van der Waals surface area contributed by atoms with Crippen LogP contribution in [0.15, 0.2) is 0 Å². The first-order chi connectivity index (χ1) is 7.35. The minimum Gasteiger partial charge on any atom is -0.306 e. The van der Waals surface area contributed by atoms with Crippen molar-refractivity contribution in [1.29, 1.82) is 5.26 Å². The molecule has 0 amide bonds. The Morgan fingerprint density at radius 3 is 2.38 bits per heavy atom. The lowest BCUT2D eigenvalue weighted by Crippen LogP contribution is -2.41. The molecule has 0 aromatic carbocycles. The van der Waals surface area contributed by atoms with Gasteiger partial charge >= 0.3 is 6.18 Å². The zero-order chi connectivity index (χ0) is 12.2. The van der Waals surface area contributed by atoms with Crippen molar-refractivity contribution in [2.75, 3.05) is 6.54 Å². The third kappa shape index (κ3) is 4.40. The molecule has 0 radical (unpaired) electrons. The first-order valence-corrected chi connectivity index (χ1v) is 5.52. The van der Waals surface area contributed by atoms with Gasteiger partial charge in [0, 0.05) is 12.5 Å². The normalized spacial score (nSPS) is 31.1. The van der Waals surface area contributed by atoms with E-state index in [1.165, 1.54) is 0 Å². The standard InChI is InChI=1S/C11H17F3N2/c1-10(6-7-15)4-2-9(3-5-10)16-8-11(12,13)14/h9,16H,2-6,8H2,1H3/t9-,10-. The molecule has 0 bridgehead atoms. The SMILES string of the molecule is C[C@]1(CC#N)CC[C@H](NCC(F)(F)F)CC1. The van der Waals surface area contributed by atoms with Crippen molar-refractivity contribution < 1.29 is 13.2 Å². The average Bonchev–Trinajstić information content (AvgIpc) is 2.16. The van der Waals surface area contributed by atoms with Crippen LogP contribution in [-0.4, -0.2) is 18.8 Å². The summed E-state index contributed by atoms with van der Waals surface area (Å²) < 4.78 is 35.9. The van der Waals surface area contributed by atoms with Gasteiger partial charge in [-0.15, -0.1) is 0 Å². The lowest BCUT2D eigenvalue weighted by atomic mass is 9.72. The monoisotopic (exact) mass is 234 g/mol. The molecule has 0 heterocycles. The quantitative estimate of drug-likeness (QED) is 0.814. The number of alkyl halides is 3. The van der Waals surface area contributed by atoms with Crippen molar-refractivity contribution >= 4 is 0 Å². The molecule has 2 nitrogen and oxygen atoms in total. The summed E-state index contributed by atoms with van der Waals surface area (Å²) in [7, 11) is 0. The highest BCUT2D eigenvalue weighted by molar-refractivity contribution is 4.91. The van der Waals surface area contributed by atoms with Gasteiger partial charge in [0.25, 0.3) is 0 Å². The fourth-order valence-electron chi connectivity index (χ4n) is 2.15. The maximum atomic E-state index is 12.0. The number of nitriles is 1. The molecule has 0 aliphatic heterocycles. The Balaban J connectivity index is 2.30. The second-order valence-electron chi connectivity index (χ2n) is 4.92. The van der Waals surface area contributed by atoms with Gasteiger partial charge in [-0.2, -0.15) is 18.4 Å². The Bertz CT molecular complexity index is 259. The summed E-state index contributed by atoms with van der Waals surface area (Å²) in [5, 5.41) is 11.2. The van der Waals surface area contributed by atoms with Crippen LogP contribution in [0.5, 0.6) is 0 Å². The maximum absolute atomic E-state index is 12.0. The number of hydrogen-bond donors (Lipinski definition) is 1. The summed E-state index contributed by atoms with van der Waals surface area (Å²) in [6.45, 7) is 1.13. The van der Waals surface area contributed by atoms with Gasteiger partial charge in [-0.05, 0) is 31.1 Å². The first-order valence-electron chi connectivity index (χ1n) is 5.52. The molecule has 0 aromatic heterocycles. The number of nitrogens with zero attached hydrogens (tertiary/aromatic N) is 1. The summed E-state index contributed by atoms with van der Waals surface area (Å²) in [5.41, 5.74) is 0.00512. The van der Waals surface area contributed by atoms with Crippen LogP contribution < -0.4 is 5.32 Å². The van der Waals surface area contributed by atoms with Gasteiger partial charge in [-0.3, -0.25) is 0 Å². The van der Waals surface area contributed by atoms with Crippen molar-refractivity contribution in [3.05, 3.63) is 0 Å². The second-order valence-corrected chi connectivity index (χ2v) is 4.92. The van der Waals surface area contributed by atoms with Gasteiger partial charge in [0.05, 0.1) is 12.6 Å². The van der Waals surface area contributed by atoms with E-state index < -0.39 is 12.7 Å². The zero-order valence-corrected chi connectivity index (χ0v) is 9.40. The van der Waals surface area contributed by atoms with Gasteiger partial charge < -0.3 is 5.32 Å².